The number of nitrogens with one attached hydrogen (secondary N) is 1. The molecule has 4 nitrogen and oxygen atoms in total. The third-order valence-corrected chi connectivity index (χ3v) is 3.98. The lowest BCUT2D eigenvalue weighted by Crippen LogP contribution is -2.37. The maximum absolute atomic E-state index is 12.2. The van der Waals surface area contributed by atoms with Gasteiger partial charge in [-0.15, -0.1) is 0 Å². The number of benzene rings is 1. The topological polar surface area (TPSA) is 49.4 Å². The van der Waals surface area contributed by atoms with Gasteiger partial charge in [-0.3, -0.25) is 9.59 Å². The summed E-state index contributed by atoms with van der Waals surface area (Å²) in [5, 5.41) is 2.74. The summed E-state index contributed by atoms with van der Waals surface area (Å²) in [5.41, 5.74) is 1.72. The van der Waals surface area contributed by atoms with Crippen LogP contribution >= 0.6 is 11.8 Å². The van der Waals surface area contributed by atoms with Gasteiger partial charge in [0.15, 0.2) is 0 Å². The van der Waals surface area contributed by atoms with E-state index in [9.17, 15) is 9.59 Å². The highest BCUT2D eigenvalue weighted by Crippen LogP contribution is 2.13. The quantitative estimate of drug-likeness (QED) is 0.912. The predicted octanol–water partition coefficient (Wildman–Crippen LogP) is 1.51. The third kappa shape index (κ3) is 3.99. The van der Waals surface area contributed by atoms with E-state index in [1.54, 1.807) is 0 Å². The summed E-state index contributed by atoms with van der Waals surface area (Å²) < 4.78 is 0. The minimum absolute atomic E-state index is 0.0500. The van der Waals surface area contributed by atoms with Crippen LogP contribution in [0.3, 0.4) is 0 Å². The summed E-state index contributed by atoms with van der Waals surface area (Å²) in [6.45, 7) is 3.66. The van der Waals surface area contributed by atoms with E-state index in [1.807, 2.05) is 40.9 Å². The van der Waals surface area contributed by atoms with Crippen molar-refractivity contribution >= 4 is 23.6 Å². The van der Waals surface area contributed by atoms with E-state index < -0.39 is 0 Å². The summed E-state index contributed by atoms with van der Waals surface area (Å²) >= 11 is 1.89. The molecule has 0 bridgehead atoms. The molecule has 0 aliphatic carbocycles. The van der Waals surface area contributed by atoms with Gasteiger partial charge in [0.2, 0.25) is 5.91 Å². The predicted molar refractivity (Wildman–Crippen MR) is 77.2 cm³/mol. The SMILES string of the molecule is CC(=O)NCc1ccc(C(=O)N2CCSCC2)cc1. The first-order valence-electron chi connectivity index (χ1n) is 6.37. The number of thioether (sulfide) groups is 1. The maximum Gasteiger partial charge on any atom is 0.253 e. The molecule has 1 fully saturated rings. The fourth-order valence-electron chi connectivity index (χ4n) is 1.94. The molecule has 0 atom stereocenters. The van der Waals surface area contributed by atoms with E-state index in [-0.39, 0.29) is 11.8 Å². The molecule has 0 aromatic heterocycles. The molecule has 1 heterocycles. The second kappa shape index (κ2) is 6.61. The fourth-order valence-corrected chi connectivity index (χ4v) is 2.84. The van der Waals surface area contributed by atoms with E-state index in [0.29, 0.717) is 6.54 Å². The van der Waals surface area contributed by atoms with Crippen molar-refractivity contribution in [3.63, 3.8) is 0 Å². The van der Waals surface area contributed by atoms with E-state index in [1.165, 1.54) is 6.92 Å². The van der Waals surface area contributed by atoms with Crippen molar-refractivity contribution in [3.05, 3.63) is 35.4 Å². The Bertz CT molecular complexity index is 453. The van der Waals surface area contributed by atoms with Crippen LogP contribution in [-0.4, -0.2) is 41.3 Å². The normalized spacial score (nSPS) is 15.1. The van der Waals surface area contributed by atoms with Gasteiger partial charge in [0.1, 0.15) is 0 Å². The molecule has 0 saturated carbocycles. The second-order valence-electron chi connectivity index (χ2n) is 4.51. The Labute approximate surface area is 117 Å². The molecule has 2 amide bonds. The van der Waals surface area contributed by atoms with Crippen LogP contribution in [0.25, 0.3) is 0 Å². The zero-order chi connectivity index (χ0) is 13.7. The summed E-state index contributed by atoms with van der Waals surface area (Å²) in [4.78, 5) is 25.0. The first kappa shape index (κ1) is 13.9. The second-order valence-corrected chi connectivity index (χ2v) is 5.74. The molecule has 5 heteroatoms. The van der Waals surface area contributed by atoms with Crippen molar-refractivity contribution in [2.45, 2.75) is 13.5 Å². The van der Waals surface area contributed by atoms with Crippen LogP contribution in [-0.2, 0) is 11.3 Å². The first-order valence-corrected chi connectivity index (χ1v) is 7.52. The smallest absolute Gasteiger partial charge is 0.253 e. The van der Waals surface area contributed by atoms with Crippen LogP contribution in [0.15, 0.2) is 24.3 Å². The van der Waals surface area contributed by atoms with Gasteiger partial charge in [0, 0.05) is 43.6 Å². The van der Waals surface area contributed by atoms with Crippen LogP contribution in [0.2, 0.25) is 0 Å². The number of carbonyl (C=O) groups excluding carboxylic acids is 2. The highest BCUT2D eigenvalue weighted by molar-refractivity contribution is 7.99. The Morgan fingerprint density at radius 3 is 2.42 bits per heavy atom. The molecule has 1 aliphatic rings. The summed E-state index contributed by atoms with van der Waals surface area (Å²) in [5.74, 6) is 2.09. The molecular weight excluding hydrogens is 260 g/mol. The summed E-state index contributed by atoms with van der Waals surface area (Å²) in [6, 6.07) is 7.45. The molecule has 1 saturated heterocycles. The van der Waals surface area contributed by atoms with Crippen molar-refractivity contribution in [2.75, 3.05) is 24.6 Å². The van der Waals surface area contributed by atoms with Gasteiger partial charge in [0.05, 0.1) is 0 Å². The van der Waals surface area contributed by atoms with Crippen LogP contribution in [0.1, 0.15) is 22.8 Å². The molecule has 1 aliphatic heterocycles. The summed E-state index contributed by atoms with van der Waals surface area (Å²) in [6.07, 6.45) is 0. The third-order valence-electron chi connectivity index (χ3n) is 3.04. The van der Waals surface area contributed by atoms with Crippen molar-refractivity contribution in [1.29, 1.82) is 0 Å². The number of nitrogens with zero attached hydrogens (tertiary/aromatic N) is 1. The fraction of sp³-hybridized carbons (Fsp3) is 0.429. The monoisotopic (exact) mass is 278 g/mol. The van der Waals surface area contributed by atoms with E-state index in [4.69, 9.17) is 0 Å². The van der Waals surface area contributed by atoms with Crippen LogP contribution in [0.4, 0.5) is 0 Å². The average molecular weight is 278 g/mol. The van der Waals surface area contributed by atoms with E-state index in [2.05, 4.69) is 5.32 Å². The maximum atomic E-state index is 12.2. The summed E-state index contributed by atoms with van der Waals surface area (Å²) in [7, 11) is 0. The molecule has 2 rings (SSSR count). The zero-order valence-corrected chi connectivity index (χ0v) is 11.8. The largest absolute Gasteiger partial charge is 0.352 e. The van der Waals surface area contributed by atoms with Crippen molar-refractivity contribution in [1.82, 2.24) is 10.2 Å². The Morgan fingerprint density at radius 2 is 1.84 bits per heavy atom. The molecule has 0 unspecified atom stereocenters. The molecule has 19 heavy (non-hydrogen) atoms. The highest BCUT2D eigenvalue weighted by atomic mass is 32.2. The lowest BCUT2D eigenvalue weighted by molar-refractivity contribution is -0.119. The van der Waals surface area contributed by atoms with Crippen LogP contribution < -0.4 is 5.32 Å². The number of amides is 2. The van der Waals surface area contributed by atoms with Gasteiger partial charge in [0.25, 0.3) is 5.91 Å². The Morgan fingerprint density at radius 1 is 1.21 bits per heavy atom. The lowest BCUT2D eigenvalue weighted by Gasteiger charge is -2.26. The van der Waals surface area contributed by atoms with Crippen molar-refractivity contribution in [2.24, 2.45) is 0 Å². The first-order chi connectivity index (χ1) is 9.16. The van der Waals surface area contributed by atoms with Crippen LogP contribution in [0, 0.1) is 0 Å². The number of carbonyl (C=O) groups is 2. The van der Waals surface area contributed by atoms with Gasteiger partial charge in [-0.1, -0.05) is 12.1 Å². The molecule has 1 N–H and O–H groups in total. The van der Waals surface area contributed by atoms with Crippen molar-refractivity contribution < 1.29 is 9.59 Å². The lowest BCUT2D eigenvalue weighted by atomic mass is 10.1. The molecular formula is C14H18N2O2S. The Balaban J connectivity index is 1.97. The molecule has 1 aromatic carbocycles. The average Bonchev–Trinajstić information content (AvgIpc) is 2.46. The minimum atomic E-state index is -0.0500. The van der Waals surface area contributed by atoms with Gasteiger partial charge in [-0.2, -0.15) is 11.8 Å². The van der Waals surface area contributed by atoms with E-state index >= 15 is 0 Å². The van der Waals surface area contributed by atoms with Crippen molar-refractivity contribution in [3.8, 4) is 0 Å². The van der Waals surface area contributed by atoms with Gasteiger partial charge in [-0.05, 0) is 17.7 Å². The molecule has 102 valence electrons. The Hall–Kier alpha value is -1.49. The van der Waals surface area contributed by atoms with Gasteiger partial charge < -0.3 is 10.2 Å². The molecule has 0 radical (unpaired) electrons. The zero-order valence-electron chi connectivity index (χ0n) is 11.0. The van der Waals surface area contributed by atoms with Crippen LogP contribution in [0.5, 0.6) is 0 Å². The van der Waals surface area contributed by atoms with Gasteiger partial charge >= 0.3 is 0 Å². The highest BCUT2D eigenvalue weighted by Gasteiger charge is 2.17. The number of hydrogen-bond donors (Lipinski definition) is 1. The van der Waals surface area contributed by atoms with E-state index in [0.717, 1.165) is 35.7 Å². The number of rotatable bonds is 3. The molecule has 1 aromatic rings. The number of hydrogen-bond acceptors (Lipinski definition) is 3. The Kier molecular flexibility index (Phi) is 4.85. The van der Waals surface area contributed by atoms with Gasteiger partial charge in [-0.25, -0.2) is 0 Å². The minimum Gasteiger partial charge on any atom is -0.352 e. The standard InChI is InChI=1S/C14H18N2O2S/c1-11(17)15-10-12-2-4-13(5-3-12)14(18)16-6-8-19-9-7-16/h2-5H,6-10H2,1H3,(H,15,17). The molecule has 0 spiro atoms.